The lowest BCUT2D eigenvalue weighted by Gasteiger charge is -2.34. The molecule has 120 valence electrons. The maximum Gasteiger partial charge on any atom is 0.178 e. The second kappa shape index (κ2) is 5.53. The summed E-state index contributed by atoms with van der Waals surface area (Å²) < 4.78 is 3.61. The molecular weight excluding hydrogens is 292 g/mol. The number of hydrogen-bond acceptors (Lipinski definition) is 6. The van der Waals surface area contributed by atoms with Gasteiger partial charge in [0.15, 0.2) is 11.5 Å². The van der Waals surface area contributed by atoms with Gasteiger partial charge in [-0.15, -0.1) is 15.3 Å². The van der Waals surface area contributed by atoms with Crippen LogP contribution in [0.5, 0.6) is 0 Å². The fourth-order valence-electron chi connectivity index (χ4n) is 3.08. The fraction of sp³-hybridized carbons (Fsp3) is 0.467. The van der Waals surface area contributed by atoms with Crippen LogP contribution in [0.2, 0.25) is 0 Å². The zero-order valence-corrected chi connectivity index (χ0v) is 13.3. The van der Waals surface area contributed by atoms with Crippen LogP contribution in [0.4, 0.5) is 11.5 Å². The van der Waals surface area contributed by atoms with Crippen molar-refractivity contribution in [2.24, 2.45) is 7.05 Å². The minimum atomic E-state index is 0.366. The van der Waals surface area contributed by atoms with Crippen LogP contribution in [-0.2, 0) is 7.05 Å². The molecule has 1 unspecified atom stereocenters. The Morgan fingerprint density at radius 2 is 2.17 bits per heavy atom. The van der Waals surface area contributed by atoms with Gasteiger partial charge in [0.2, 0.25) is 0 Å². The number of aryl methyl sites for hydroxylation is 2. The number of anilines is 2. The first-order valence-electron chi connectivity index (χ1n) is 7.88. The maximum atomic E-state index is 4.58. The number of nitrogens with one attached hydrogen (secondary N) is 1. The quantitative estimate of drug-likeness (QED) is 0.784. The standard InChI is InChI=1S/C15H20N8/c1-11-18-19-15-6-5-14(20-23(11)15)17-12-4-3-7-22(9-12)13-8-16-21(2)10-13/h5-6,8,10,12H,3-4,7,9H2,1-2H3,(H,17,20). The van der Waals surface area contributed by atoms with Crippen LogP contribution in [0.1, 0.15) is 18.7 Å². The largest absolute Gasteiger partial charge is 0.367 e. The van der Waals surface area contributed by atoms with Crippen LogP contribution in [0.15, 0.2) is 24.5 Å². The van der Waals surface area contributed by atoms with Crippen molar-refractivity contribution < 1.29 is 0 Å². The first-order chi connectivity index (χ1) is 11.2. The molecule has 1 saturated heterocycles. The van der Waals surface area contributed by atoms with E-state index in [-0.39, 0.29) is 0 Å². The number of fused-ring (bicyclic) bond motifs is 1. The zero-order valence-electron chi connectivity index (χ0n) is 13.3. The molecule has 4 rings (SSSR count). The normalized spacial score (nSPS) is 18.5. The average molecular weight is 312 g/mol. The van der Waals surface area contributed by atoms with E-state index in [1.165, 1.54) is 5.69 Å². The van der Waals surface area contributed by atoms with Gasteiger partial charge in [0.1, 0.15) is 5.82 Å². The molecule has 8 heteroatoms. The molecule has 3 aromatic rings. The molecule has 3 aromatic heterocycles. The third-order valence-corrected chi connectivity index (χ3v) is 4.25. The predicted octanol–water partition coefficient (Wildman–Crippen LogP) is 1.25. The number of rotatable bonds is 3. The Hall–Kier alpha value is -2.64. The van der Waals surface area contributed by atoms with E-state index in [9.17, 15) is 0 Å². The lowest BCUT2D eigenvalue weighted by molar-refractivity contribution is 0.528. The summed E-state index contributed by atoms with van der Waals surface area (Å²) in [5.74, 6) is 1.66. The third-order valence-electron chi connectivity index (χ3n) is 4.25. The molecule has 1 atom stereocenters. The van der Waals surface area contributed by atoms with Gasteiger partial charge in [-0.2, -0.15) is 9.61 Å². The van der Waals surface area contributed by atoms with Crippen molar-refractivity contribution >= 4 is 17.2 Å². The van der Waals surface area contributed by atoms with Crippen LogP contribution >= 0.6 is 0 Å². The van der Waals surface area contributed by atoms with Gasteiger partial charge in [0, 0.05) is 32.4 Å². The second-order valence-electron chi connectivity index (χ2n) is 6.04. The number of nitrogens with zero attached hydrogens (tertiary/aromatic N) is 7. The first-order valence-corrected chi connectivity index (χ1v) is 7.88. The molecule has 1 N–H and O–H groups in total. The van der Waals surface area contributed by atoms with E-state index in [1.54, 1.807) is 4.52 Å². The van der Waals surface area contributed by atoms with Gasteiger partial charge in [-0.3, -0.25) is 4.68 Å². The Balaban J connectivity index is 1.49. The van der Waals surface area contributed by atoms with Crippen LogP contribution in [0.25, 0.3) is 5.65 Å². The SMILES string of the molecule is Cc1nnc2ccc(NC3CCCN(c4cnn(C)c4)C3)nn12. The van der Waals surface area contributed by atoms with Gasteiger partial charge < -0.3 is 10.2 Å². The molecule has 1 aliphatic heterocycles. The first kappa shape index (κ1) is 14.0. The summed E-state index contributed by atoms with van der Waals surface area (Å²) in [6, 6.07) is 4.27. The second-order valence-corrected chi connectivity index (χ2v) is 6.04. The number of hydrogen-bond donors (Lipinski definition) is 1. The van der Waals surface area contributed by atoms with Crippen LogP contribution in [0, 0.1) is 6.92 Å². The molecule has 0 aromatic carbocycles. The molecule has 1 fully saturated rings. The fourth-order valence-corrected chi connectivity index (χ4v) is 3.08. The van der Waals surface area contributed by atoms with E-state index >= 15 is 0 Å². The smallest absolute Gasteiger partial charge is 0.178 e. The average Bonchev–Trinajstić information content (AvgIpc) is 3.15. The monoisotopic (exact) mass is 312 g/mol. The van der Waals surface area contributed by atoms with Gasteiger partial charge in [-0.1, -0.05) is 0 Å². The maximum absolute atomic E-state index is 4.58. The summed E-state index contributed by atoms with van der Waals surface area (Å²) in [5, 5.41) is 20.5. The minimum Gasteiger partial charge on any atom is -0.367 e. The summed E-state index contributed by atoms with van der Waals surface area (Å²) in [4.78, 5) is 2.37. The van der Waals surface area contributed by atoms with Crippen molar-refractivity contribution in [3.8, 4) is 0 Å². The summed E-state index contributed by atoms with van der Waals surface area (Å²) in [6.07, 6.45) is 6.28. The minimum absolute atomic E-state index is 0.366. The van der Waals surface area contributed by atoms with Crippen LogP contribution in [0.3, 0.4) is 0 Å². The van der Waals surface area contributed by atoms with Crippen molar-refractivity contribution in [3.05, 3.63) is 30.4 Å². The van der Waals surface area contributed by atoms with Gasteiger partial charge in [0.05, 0.1) is 11.9 Å². The Bertz CT molecular complexity index is 820. The van der Waals surface area contributed by atoms with Crippen LogP contribution < -0.4 is 10.2 Å². The molecule has 0 amide bonds. The molecule has 8 nitrogen and oxygen atoms in total. The molecule has 23 heavy (non-hydrogen) atoms. The van der Waals surface area contributed by atoms with E-state index in [0.29, 0.717) is 6.04 Å². The highest BCUT2D eigenvalue weighted by Gasteiger charge is 2.21. The summed E-state index contributed by atoms with van der Waals surface area (Å²) in [5.41, 5.74) is 1.95. The lowest BCUT2D eigenvalue weighted by Crippen LogP contribution is -2.42. The molecule has 0 bridgehead atoms. The molecular formula is C15H20N8. The van der Waals surface area contributed by atoms with E-state index in [0.717, 1.165) is 43.2 Å². The Morgan fingerprint density at radius 1 is 1.26 bits per heavy atom. The summed E-state index contributed by atoms with van der Waals surface area (Å²) in [6.45, 7) is 3.93. The van der Waals surface area contributed by atoms with E-state index in [2.05, 4.69) is 36.8 Å². The Kier molecular flexibility index (Phi) is 3.36. The van der Waals surface area contributed by atoms with Crippen molar-refractivity contribution in [1.82, 2.24) is 29.6 Å². The molecule has 0 saturated carbocycles. The summed E-state index contributed by atoms with van der Waals surface area (Å²) >= 11 is 0. The summed E-state index contributed by atoms with van der Waals surface area (Å²) in [7, 11) is 1.95. The van der Waals surface area contributed by atoms with Crippen molar-refractivity contribution in [2.45, 2.75) is 25.8 Å². The Labute approximate surface area is 134 Å². The van der Waals surface area contributed by atoms with Crippen molar-refractivity contribution in [3.63, 3.8) is 0 Å². The number of piperidine rings is 1. The van der Waals surface area contributed by atoms with E-state index in [4.69, 9.17) is 0 Å². The highest BCUT2D eigenvalue weighted by molar-refractivity contribution is 5.46. The van der Waals surface area contributed by atoms with Gasteiger partial charge in [-0.25, -0.2) is 0 Å². The van der Waals surface area contributed by atoms with Gasteiger partial charge in [-0.05, 0) is 31.9 Å². The Morgan fingerprint density at radius 3 is 3.00 bits per heavy atom. The highest BCUT2D eigenvalue weighted by Crippen LogP contribution is 2.21. The number of aromatic nitrogens is 6. The van der Waals surface area contributed by atoms with Crippen LogP contribution in [-0.4, -0.2) is 48.7 Å². The third kappa shape index (κ3) is 2.71. The molecule has 0 radical (unpaired) electrons. The predicted molar refractivity (Wildman–Crippen MR) is 87.6 cm³/mol. The van der Waals surface area contributed by atoms with Gasteiger partial charge >= 0.3 is 0 Å². The highest BCUT2D eigenvalue weighted by atomic mass is 15.4. The molecule has 4 heterocycles. The molecule has 0 spiro atoms. The van der Waals surface area contributed by atoms with E-state index in [1.807, 2.05) is 37.0 Å². The van der Waals surface area contributed by atoms with Gasteiger partial charge in [0.25, 0.3) is 0 Å². The molecule has 0 aliphatic carbocycles. The van der Waals surface area contributed by atoms with E-state index < -0.39 is 0 Å². The van der Waals surface area contributed by atoms with Crippen molar-refractivity contribution in [2.75, 3.05) is 23.3 Å². The van der Waals surface area contributed by atoms with Crippen molar-refractivity contribution in [1.29, 1.82) is 0 Å². The zero-order chi connectivity index (χ0) is 15.8. The lowest BCUT2D eigenvalue weighted by atomic mass is 10.1. The molecule has 1 aliphatic rings. The topological polar surface area (TPSA) is 76.2 Å².